The zero-order valence-corrected chi connectivity index (χ0v) is 15.7. The molecule has 2 aromatic rings. The first-order valence-electron chi connectivity index (χ1n) is 8.58. The van der Waals surface area contributed by atoms with Crippen molar-refractivity contribution in [2.45, 2.75) is 32.0 Å². The molecule has 1 aliphatic heterocycles. The summed E-state index contributed by atoms with van der Waals surface area (Å²) in [5.74, 6) is -0.972. The van der Waals surface area contributed by atoms with Crippen molar-refractivity contribution >= 4 is 29.2 Å². The molecule has 2 N–H and O–H groups in total. The van der Waals surface area contributed by atoms with Crippen LogP contribution in [0.25, 0.3) is 0 Å². The number of carboxylic acid groups (broad SMARTS) is 1. The lowest BCUT2D eigenvalue weighted by molar-refractivity contribution is -0.146. The van der Waals surface area contributed by atoms with E-state index in [1.54, 1.807) is 25.3 Å². The molecular formula is C20H20ClNO5. The fourth-order valence-corrected chi connectivity index (χ4v) is 3.44. The minimum atomic E-state index is -1.14. The second-order valence-corrected chi connectivity index (χ2v) is 6.65. The summed E-state index contributed by atoms with van der Waals surface area (Å²) >= 11 is 6.18. The lowest BCUT2D eigenvalue weighted by atomic mass is 9.96. The maximum atomic E-state index is 12.5. The van der Waals surface area contributed by atoms with Crippen LogP contribution in [-0.4, -0.2) is 30.2 Å². The molecule has 0 aliphatic carbocycles. The molecule has 0 unspecified atom stereocenters. The average molecular weight is 390 g/mol. The van der Waals surface area contributed by atoms with E-state index in [-0.39, 0.29) is 0 Å². The maximum Gasteiger partial charge on any atom is 0.306 e. The number of carbonyl (C=O) groups excluding carboxylic acids is 1. The lowest BCUT2D eigenvalue weighted by Gasteiger charge is -2.24. The van der Waals surface area contributed by atoms with Gasteiger partial charge in [-0.05, 0) is 30.2 Å². The smallest absolute Gasteiger partial charge is 0.306 e. The largest absolute Gasteiger partial charge is 0.496 e. The summed E-state index contributed by atoms with van der Waals surface area (Å²) in [6.07, 6.45) is -1.54. The van der Waals surface area contributed by atoms with Crippen molar-refractivity contribution in [3.63, 3.8) is 0 Å². The molecule has 0 saturated heterocycles. The summed E-state index contributed by atoms with van der Waals surface area (Å²) in [4.78, 5) is 23.7. The fourth-order valence-electron chi connectivity index (χ4n) is 3.26. The maximum absolute atomic E-state index is 12.5. The Bertz CT molecular complexity index is 883. The predicted octanol–water partition coefficient (Wildman–Crippen LogP) is 3.81. The van der Waals surface area contributed by atoms with Crippen LogP contribution in [0.5, 0.6) is 5.75 Å². The molecule has 1 heterocycles. The number of rotatable bonds is 5. The highest BCUT2D eigenvalue weighted by Gasteiger charge is 2.34. The molecular weight excluding hydrogens is 370 g/mol. The van der Waals surface area contributed by atoms with Crippen molar-refractivity contribution in [1.82, 2.24) is 0 Å². The lowest BCUT2D eigenvalue weighted by Crippen LogP contribution is -2.31. The number of hydrogen-bond acceptors (Lipinski definition) is 4. The van der Waals surface area contributed by atoms with Crippen LogP contribution in [0, 0.1) is 0 Å². The number of fused-ring (bicyclic) bond motifs is 1. The number of aryl methyl sites for hydroxylation is 1. The first-order chi connectivity index (χ1) is 12.9. The van der Waals surface area contributed by atoms with Gasteiger partial charge < -0.3 is 19.9 Å². The Morgan fingerprint density at radius 2 is 2.07 bits per heavy atom. The van der Waals surface area contributed by atoms with Crippen LogP contribution in [-0.2, 0) is 20.7 Å². The number of carbonyl (C=O) groups is 2. The molecule has 2 aromatic carbocycles. The zero-order chi connectivity index (χ0) is 19.6. The highest BCUT2D eigenvalue weighted by molar-refractivity contribution is 6.30. The van der Waals surface area contributed by atoms with Crippen LogP contribution < -0.4 is 10.1 Å². The zero-order valence-electron chi connectivity index (χ0n) is 15.0. The molecule has 1 aliphatic rings. The molecule has 0 radical (unpaired) electrons. The number of para-hydroxylation sites is 1. The Morgan fingerprint density at radius 3 is 2.74 bits per heavy atom. The van der Waals surface area contributed by atoms with Gasteiger partial charge in [0.05, 0.1) is 13.5 Å². The second-order valence-electron chi connectivity index (χ2n) is 6.22. The Balaban J connectivity index is 2.18. The predicted molar refractivity (Wildman–Crippen MR) is 101 cm³/mol. The minimum absolute atomic E-state index is 0.445. The van der Waals surface area contributed by atoms with E-state index < -0.39 is 30.5 Å². The Kier molecular flexibility index (Phi) is 5.68. The van der Waals surface area contributed by atoms with E-state index >= 15 is 0 Å². The Labute approximate surface area is 162 Å². The van der Waals surface area contributed by atoms with Gasteiger partial charge in [0, 0.05) is 21.8 Å². The molecule has 0 fully saturated rings. The van der Waals surface area contributed by atoms with Crippen molar-refractivity contribution < 1.29 is 24.2 Å². The first kappa shape index (κ1) is 19.2. The Hall–Kier alpha value is -2.57. The third-order valence-corrected chi connectivity index (χ3v) is 4.74. The van der Waals surface area contributed by atoms with Crippen LogP contribution in [0.4, 0.5) is 5.69 Å². The van der Waals surface area contributed by atoms with Crippen molar-refractivity contribution in [3.05, 3.63) is 58.1 Å². The number of ether oxygens (including phenoxy) is 2. The standard InChI is InChI=1S/C20H20ClNO5/c1-3-11-5-4-6-13(18(11)26-2)19-14-9-12(21)7-8-15(14)22-20(25)16(27-19)10-17(23)24/h4-9,16,19H,3,10H2,1-2H3,(H,22,25)(H,23,24)/t16-,19-/m0/s1. The fraction of sp³-hybridized carbons (Fsp3) is 0.300. The van der Waals surface area contributed by atoms with Gasteiger partial charge in [-0.15, -0.1) is 0 Å². The quantitative estimate of drug-likeness (QED) is 0.812. The van der Waals surface area contributed by atoms with Gasteiger partial charge in [-0.25, -0.2) is 0 Å². The second kappa shape index (κ2) is 7.98. The number of anilines is 1. The summed E-state index contributed by atoms with van der Waals surface area (Å²) in [5, 5.41) is 12.4. The summed E-state index contributed by atoms with van der Waals surface area (Å²) in [6, 6.07) is 10.7. The molecule has 0 bridgehead atoms. The van der Waals surface area contributed by atoms with E-state index in [1.165, 1.54) is 0 Å². The van der Waals surface area contributed by atoms with Gasteiger partial charge in [-0.1, -0.05) is 36.7 Å². The number of amides is 1. The SMILES string of the molecule is CCc1cccc([C@@H]2O[C@@H](CC(=O)O)C(=O)Nc3ccc(Cl)cc32)c1OC. The molecule has 6 nitrogen and oxygen atoms in total. The monoisotopic (exact) mass is 389 g/mol. The molecule has 7 heteroatoms. The normalized spacial score (nSPS) is 19.0. The number of nitrogens with one attached hydrogen (secondary N) is 1. The molecule has 0 aromatic heterocycles. The van der Waals surface area contributed by atoms with E-state index in [0.29, 0.717) is 27.6 Å². The van der Waals surface area contributed by atoms with Gasteiger partial charge in [0.1, 0.15) is 18.0 Å². The molecule has 142 valence electrons. The van der Waals surface area contributed by atoms with E-state index in [2.05, 4.69) is 5.32 Å². The Morgan fingerprint density at radius 1 is 1.30 bits per heavy atom. The van der Waals surface area contributed by atoms with Crippen molar-refractivity contribution in [3.8, 4) is 5.75 Å². The molecule has 0 saturated carbocycles. The van der Waals surface area contributed by atoms with Gasteiger partial charge in [0.25, 0.3) is 5.91 Å². The number of aliphatic carboxylic acids is 1. The molecule has 2 atom stereocenters. The van der Waals surface area contributed by atoms with Gasteiger partial charge in [-0.2, -0.15) is 0 Å². The van der Waals surface area contributed by atoms with Gasteiger partial charge in [-0.3, -0.25) is 9.59 Å². The third-order valence-electron chi connectivity index (χ3n) is 4.50. The molecule has 27 heavy (non-hydrogen) atoms. The average Bonchev–Trinajstić information content (AvgIpc) is 2.77. The first-order valence-corrected chi connectivity index (χ1v) is 8.95. The van der Waals surface area contributed by atoms with Gasteiger partial charge in [0.15, 0.2) is 0 Å². The van der Waals surface area contributed by atoms with Crippen molar-refractivity contribution in [1.29, 1.82) is 0 Å². The van der Waals surface area contributed by atoms with Gasteiger partial charge in [0.2, 0.25) is 0 Å². The third kappa shape index (κ3) is 3.91. The van der Waals surface area contributed by atoms with Crippen LogP contribution in [0.2, 0.25) is 5.02 Å². The molecule has 0 spiro atoms. The topological polar surface area (TPSA) is 84.9 Å². The highest BCUT2D eigenvalue weighted by atomic mass is 35.5. The number of halogens is 1. The number of benzene rings is 2. The summed E-state index contributed by atoms with van der Waals surface area (Å²) in [6.45, 7) is 2.01. The minimum Gasteiger partial charge on any atom is -0.496 e. The van der Waals surface area contributed by atoms with Crippen molar-refractivity contribution in [2.75, 3.05) is 12.4 Å². The summed E-state index contributed by atoms with van der Waals surface area (Å²) in [7, 11) is 1.58. The van der Waals surface area contributed by atoms with Gasteiger partial charge >= 0.3 is 5.97 Å². The molecule has 1 amide bonds. The summed E-state index contributed by atoms with van der Waals surface area (Å²) < 4.78 is 11.6. The molecule has 3 rings (SSSR count). The number of carboxylic acids is 1. The van der Waals surface area contributed by atoms with E-state index in [4.69, 9.17) is 21.1 Å². The van der Waals surface area contributed by atoms with Crippen LogP contribution in [0.3, 0.4) is 0 Å². The van der Waals surface area contributed by atoms with Crippen molar-refractivity contribution in [2.24, 2.45) is 0 Å². The van der Waals surface area contributed by atoms with E-state index in [1.807, 2.05) is 25.1 Å². The van der Waals surface area contributed by atoms with Crippen LogP contribution >= 0.6 is 11.6 Å². The van der Waals surface area contributed by atoms with E-state index in [9.17, 15) is 14.7 Å². The highest BCUT2D eigenvalue weighted by Crippen LogP contribution is 2.41. The van der Waals surface area contributed by atoms with E-state index in [0.717, 1.165) is 12.0 Å². The van der Waals surface area contributed by atoms with Crippen LogP contribution in [0.15, 0.2) is 36.4 Å². The number of hydrogen-bond donors (Lipinski definition) is 2. The summed E-state index contributed by atoms with van der Waals surface area (Å²) in [5.41, 5.74) is 2.88. The van der Waals surface area contributed by atoms with Crippen LogP contribution in [0.1, 0.15) is 36.1 Å². The number of methoxy groups -OCH3 is 1.